The first-order chi connectivity index (χ1) is 10.9. The Morgan fingerprint density at radius 2 is 2.17 bits per heavy atom. The molecule has 0 radical (unpaired) electrons. The van der Waals surface area contributed by atoms with Gasteiger partial charge >= 0.3 is 0 Å². The number of anilines is 1. The van der Waals surface area contributed by atoms with E-state index in [1.165, 1.54) is 28.8 Å². The zero-order valence-corrected chi connectivity index (χ0v) is 14.3. The maximum Gasteiger partial charge on any atom is 0.233 e. The average Bonchev–Trinajstić information content (AvgIpc) is 2.47. The molecular weight excluding hydrogens is 339 g/mol. The number of aromatic nitrogens is 2. The lowest BCUT2D eigenvalue weighted by Gasteiger charge is -2.18. The molecule has 0 saturated carbocycles. The third-order valence-electron chi connectivity index (χ3n) is 3.06. The summed E-state index contributed by atoms with van der Waals surface area (Å²) in [7, 11) is 1.59. The van der Waals surface area contributed by atoms with Crippen LogP contribution in [-0.4, -0.2) is 33.6 Å². The van der Waals surface area contributed by atoms with Crippen LogP contribution >= 0.6 is 23.4 Å². The van der Waals surface area contributed by atoms with Gasteiger partial charge in [-0.05, 0) is 19.1 Å². The molecule has 0 atom stereocenters. The number of amides is 1. The standard InChI is InChI=1S/C15H16ClFN4OS/c1-9-6-13(18)20-15(19-9)23-8-14(22)21(2)7-10-11(16)4-3-5-12(10)17/h3-6H,7-8H2,1-2H3,(H2,18,19,20). The SMILES string of the molecule is Cc1cc(N)nc(SCC(=O)N(C)Cc2c(F)cccc2Cl)n1. The number of carbonyl (C=O) groups is 1. The van der Waals surface area contributed by atoms with Crippen molar-refractivity contribution in [1.82, 2.24) is 14.9 Å². The lowest BCUT2D eigenvalue weighted by atomic mass is 10.2. The molecule has 0 saturated heterocycles. The second-order valence-corrected chi connectivity index (χ2v) is 6.31. The first kappa shape index (κ1) is 17.5. The normalized spacial score (nSPS) is 10.6. The molecule has 0 unspecified atom stereocenters. The zero-order valence-electron chi connectivity index (χ0n) is 12.7. The number of nitrogens with two attached hydrogens (primary N) is 1. The summed E-state index contributed by atoms with van der Waals surface area (Å²) in [5.41, 5.74) is 6.68. The maximum absolute atomic E-state index is 13.8. The second kappa shape index (κ2) is 7.61. The summed E-state index contributed by atoms with van der Waals surface area (Å²) in [6, 6.07) is 6.09. The van der Waals surface area contributed by atoms with Crippen LogP contribution in [0.3, 0.4) is 0 Å². The summed E-state index contributed by atoms with van der Waals surface area (Å²) >= 11 is 7.15. The molecule has 5 nitrogen and oxygen atoms in total. The minimum absolute atomic E-state index is 0.0989. The van der Waals surface area contributed by atoms with E-state index >= 15 is 0 Å². The number of benzene rings is 1. The van der Waals surface area contributed by atoms with Crippen LogP contribution < -0.4 is 5.73 Å². The number of carbonyl (C=O) groups excluding carboxylic acids is 1. The Bertz CT molecular complexity index is 688. The molecule has 23 heavy (non-hydrogen) atoms. The number of hydrogen-bond acceptors (Lipinski definition) is 5. The van der Waals surface area contributed by atoms with E-state index in [2.05, 4.69) is 9.97 Å². The van der Waals surface area contributed by atoms with E-state index in [0.717, 1.165) is 5.69 Å². The predicted octanol–water partition coefficient (Wildman–Crippen LogP) is 2.91. The molecule has 1 aromatic heterocycles. The molecule has 0 fully saturated rings. The monoisotopic (exact) mass is 354 g/mol. The van der Waals surface area contributed by atoms with Crippen molar-refractivity contribution in [2.75, 3.05) is 18.5 Å². The quantitative estimate of drug-likeness (QED) is 0.660. The minimum atomic E-state index is -0.431. The van der Waals surface area contributed by atoms with Crippen LogP contribution in [0.5, 0.6) is 0 Å². The summed E-state index contributed by atoms with van der Waals surface area (Å²) in [6.45, 7) is 1.90. The van der Waals surface area contributed by atoms with Crippen molar-refractivity contribution in [3.8, 4) is 0 Å². The molecular formula is C15H16ClFN4OS. The lowest BCUT2D eigenvalue weighted by molar-refractivity contribution is -0.127. The molecule has 0 aliphatic heterocycles. The van der Waals surface area contributed by atoms with Crippen molar-refractivity contribution < 1.29 is 9.18 Å². The zero-order chi connectivity index (χ0) is 17.0. The molecule has 1 amide bonds. The fourth-order valence-corrected chi connectivity index (χ4v) is 2.95. The van der Waals surface area contributed by atoms with E-state index < -0.39 is 5.82 Å². The van der Waals surface area contributed by atoms with Crippen LogP contribution in [0.1, 0.15) is 11.3 Å². The van der Waals surface area contributed by atoms with Gasteiger partial charge in [0, 0.05) is 35.9 Å². The predicted molar refractivity (Wildman–Crippen MR) is 89.8 cm³/mol. The van der Waals surface area contributed by atoms with E-state index in [0.29, 0.717) is 21.6 Å². The summed E-state index contributed by atoms with van der Waals surface area (Å²) < 4.78 is 13.8. The molecule has 0 aliphatic carbocycles. The molecule has 1 heterocycles. The maximum atomic E-state index is 13.8. The van der Waals surface area contributed by atoms with E-state index in [9.17, 15) is 9.18 Å². The van der Waals surface area contributed by atoms with Gasteiger partial charge < -0.3 is 10.6 Å². The highest BCUT2D eigenvalue weighted by atomic mass is 35.5. The molecule has 2 aromatic rings. The number of hydrogen-bond donors (Lipinski definition) is 1. The van der Waals surface area contributed by atoms with Gasteiger partial charge in [-0.15, -0.1) is 0 Å². The Labute approximate surface area is 143 Å². The van der Waals surface area contributed by atoms with Crippen LogP contribution in [0.4, 0.5) is 10.2 Å². The molecule has 0 bridgehead atoms. The average molecular weight is 355 g/mol. The third-order valence-corrected chi connectivity index (χ3v) is 4.25. The highest BCUT2D eigenvalue weighted by molar-refractivity contribution is 7.99. The second-order valence-electron chi connectivity index (χ2n) is 4.96. The van der Waals surface area contributed by atoms with Crippen LogP contribution in [0.2, 0.25) is 5.02 Å². The van der Waals surface area contributed by atoms with Gasteiger partial charge in [-0.2, -0.15) is 0 Å². The van der Waals surface area contributed by atoms with E-state index in [4.69, 9.17) is 17.3 Å². The third kappa shape index (κ3) is 4.80. The van der Waals surface area contributed by atoms with Crippen molar-refractivity contribution in [3.63, 3.8) is 0 Å². The molecule has 0 aliphatic rings. The molecule has 8 heteroatoms. The van der Waals surface area contributed by atoms with Gasteiger partial charge in [0.05, 0.1) is 5.75 Å². The topological polar surface area (TPSA) is 72.1 Å². The van der Waals surface area contributed by atoms with E-state index in [-0.39, 0.29) is 18.2 Å². The minimum Gasteiger partial charge on any atom is -0.384 e. The summed E-state index contributed by atoms with van der Waals surface area (Å²) in [4.78, 5) is 21.8. The van der Waals surface area contributed by atoms with Gasteiger partial charge in [0.15, 0.2) is 5.16 Å². The van der Waals surface area contributed by atoms with Crippen LogP contribution in [-0.2, 0) is 11.3 Å². The highest BCUT2D eigenvalue weighted by Crippen LogP contribution is 2.21. The Morgan fingerprint density at radius 1 is 1.43 bits per heavy atom. The van der Waals surface area contributed by atoms with Crippen molar-refractivity contribution in [1.29, 1.82) is 0 Å². The summed E-state index contributed by atoms with van der Waals surface area (Å²) in [5.74, 6) is -0.123. The fourth-order valence-electron chi connectivity index (χ4n) is 1.87. The Morgan fingerprint density at radius 3 is 2.83 bits per heavy atom. The van der Waals surface area contributed by atoms with E-state index in [1.54, 1.807) is 26.1 Å². The largest absolute Gasteiger partial charge is 0.384 e. The van der Waals surface area contributed by atoms with Gasteiger partial charge in [-0.1, -0.05) is 29.4 Å². The van der Waals surface area contributed by atoms with Gasteiger partial charge in [-0.3, -0.25) is 4.79 Å². The smallest absolute Gasteiger partial charge is 0.233 e. The Kier molecular flexibility index (Phi) is 5.79. The molecule has 122 valence electrons. The highest BCUT2D eigenvalue weighted by Gasteiger charge is 2.15. The lowest BCUT2D eigenvalue weighted by Crippen LogP contribution is -2.28. The van der Waals surface area contributed by atoms with Gasteiger partial charge in [-0.25, -0.2) is 14.4 Å². The first-order valence-electron chi connectivity index (χ1n) is 6.77. The number of nitrogen functional groups attached to an aromatic ring is 1. The molecule has 1 aromatic carbocycles. The van der Waals surface area contributed by atoms with Crippen LogP contribution in [0.15, 0.2) is 29.4 Å². The van der Waals surface area contributed by atoms with Crippen molar-refractivity contribution in [2.24, 2.45) is 0 Å². The number of rotatable bonds is 5. The number of aryl methyl sites for hydroxylation is 1. The molecule has 2 rings (SSSR count). The first-order valence-corrected chi connectivity index (χ1v) is 8.14. The van der Waals surface area contributed by atoms with Crippen LogP contribution in [0.25, 0.3) is 0 Å². The van der Waals surface area contributed by atoms with Crippen molar-refractivity contribution >= 4 is 35.1 Å². The summed E-state index contributed by atoms with van der Waals surface area (Å²) in [6.07, 6.45) is 0. The number of halogens is 2. The Hall–Kier alpha value is -1.86. The molecule has 2 N–H and O–H groups in total. The van der Waals surface area contributed by atoms with E-state index in [1.807, 2.05) is 0 Å². The fraction of sp³-hybridized carbons (Fsp3) is 0.267. The Balaban J connectivity index is 1.97. The summed E-state index contributed by atoms with van der Waals surface area (Å²) in [5, 5.41) is 0.736. The molecule has 0 spiro atoms. The van der Waals surface area contributed by atoms with Gasteiger partial charge in [0.1, 0.15) is 11.6 Å². The van der Waals surface area contributed by atoms with Gasteiger partial charge in [0.2, 0.25) is 5.91 Å². The van der Waals surface area contributed by atoms with Crippen molar-refractivity contribution in [3.05, 3.63) is 46.4 Å². The van der Waals surface area contributed by atoms with Gasteiger partial charge in [0.25, 0.3) is 0 Å². The number of thioether (sulfide) groups is 1. The van der Waals surface area contributed by atoms with Crippen molar-refractivity contribution in [2.45, 2.75) is 18.6 Å². The number of nitrogens with zero attached hydrogens (tertiary/aromatic N) is 3. The van der Waals surface area contributed by atoms with Crippen LogP contribution in [0, 0.1) is 12.7 Å².